The Morgan fingerprint density at radius 3 is 2.79 bits per heavy atom. The maximum atomic E-state index is 13.3. The molecule has 1 aliphatic heterocycles. The molecular formula is C25H20FN5O3. The zero-order chi connectivity index (χ0) is 23.8. The van der Waals surface area contributed by atoms with E-state index in [0.29, 0.717) is 17.9 Å². The highest BCUT2D eigenvalue weighted by Crippen LogP contribution is 2.18. The molecule has 9 heteroatoms. The lowest BCUT2D eigenvalue weighted by molar-refractivity contribution is 0.0952. The van der Waals surface area contributed by atoms with Gasteiger partial charge in [-0.25, -0.2) is 9.37 Å². The van der Waals surface area contributed by atoms with Crippen molar-refractivity contribution in [3.63, 3.8) is 0 Å². The summed E-state index contributed by atoms with van der Waals surface area (Å²) >= 11 is 0. The number of hydrogen-bond donors (Lipinski definition) is 0. The summed E-state index contributed by atoms with van der Waals surface area (Å²) in [6.45, 7) is 2.74. The predicted molar refractivity (Wildman–Crippen MR) is 122 cm³/mol. The second-order valence-corrected chi connectivity index (χ2v) is 8.20. The molecule has 1 atom stereocenters. The van der Waals surface area contributed by atoms with Crippen molar-refractivity contribution in [1.82, 2.24) is 14.0 Å². The van der Waals surface area contributed by atoms with Gasteiger partial charge >= 0.3 is 0 Å². The molecule has 1 amide bonds. The maximum absolute atomic E-state index is 13.3. The van der Waals surface area contributed by atoms with Crippen LogP contribution >= 0.6 is 0 Å². The summed E-state index contributed by atoms with van der Waals surface area (Å²) in [5.74, 6) is -1.11. The molecule has 3 aromatic heterocycles. The number of rotatable bonds is 3. The topological polar surface area (TPSA) is 102 Å². The number of amides is 1. The van der Waals surface area contributed by atoms with E-state index < -0.39 is 11.7 Å². The van der Waals surface area contributed by atoms with E-state index in [1.54, 1.807) is 16.8 Å². The molecule has 170 valence electrons. The van der Waals surface area contributed by atoms with E-state index in [-0.39, 0.29) is 40.2 Å². The number of carbonyl (C=O) groups is 1. The molecule has 1 aliphatic rings. The Balaban J connectivity index is 1.84. The van der Waals surface area contributed by atoms with E-state index in [1.807, 2.05) is 13.0 Å². The van der Waals surface area contributed by atoms with Crippen molar-refractivity contribution in [3.8, 4) is 6.07 Å². The number of aryl methyl sites for hydroxylation is 1. The Morgan fingerprint density at radius 1 is 1.29 bits per heavy atom. The predicted octanol–water partition coefficient (Wildman–Crippen LogP) is 2.89. The first-order valence-corrected chi connectivity index (χ1v) is 10.9. The van der Waals surface area contributed by atoms with Gasteiger partial charge in [0.1, 0.15) is 23.2 Å². The largest absolute Gasteiger partial charge is 0.376 e. The van der Waals surface area contributed by atoms with Crippen LogP contribution in [-0.4, -0.2) is 32.6 Å². The van der Waals surface area contributed by atoms with Gasteiger partial charge < -0.3 is 9.30 Å². The maximum Gasteiger partial charge on any atom is 0.278 e. The Kier molecular flexibility index (Phi) is 5.51. The lowest BCUT2D eigenvalue weighted by atomic mass is 10.2. The third-order valence-electron chi connectivity index (χ3n) is 5.93. The third kappa shape index (κ3) is 3.78. The lowest BCUT2D eigenvalue weighted by Crippen LogP contribution is -2.33. The smallest absolute Gasteiger partial charge is 0.278 e. The summed E-state index contributed by atoms with van der Waals surface area (Å²) in [5.41, 5.74) is 1.60. The first kappa shape index (κ1) is 21.7. The van der Waals surface area contributed by atoms with E-state index in [2.05, 4.69) is 11.1 Å². The number of carbonyl (C=O) groups excluding carboxylic acids is 1. The molecule has 1 aromatic carbocycles. The first-order chi connectivity index (χ1) is 16.5. The third-order valence-corrected chi connectivity index (χ3v) is 5.93. The average molecular weight is 457 g/mol. The Labute approximate surface area is 193 Å². The molecule has 0 N–H and O–H groups in total. The van der Waals surface area contributed by atoms with Gasteiger partial charge in [0.25, 0.3) is 11.5 Å². The van der Waals surface area contributed by atoms with Gasteiger partial charge in [0.2, 0.25) is 0 Å². The number of aromatic nitrogens is 3. The molecule has 4 heterocycles. The molecule has 0 spiro atoms. The van der Waals surface area contributed by atoms with Crippen LogP contribution in [-0.2, 0) is 11.3 Å². The molecule has 5 rings (SSSR count). The summed E-state index contributed by atoms with van der Waals surface area (Å²) in [6, 6.07) is 12.1. The van der Waals surface area contributed by atoms with Crippen LogP contribution in [0.5, 0.6) is 0 Å². The Morgan fingerprint density at radius 2 is 2.09 bits per heavy atom. The highest BCUT2D eigenvalue weighted by Gasteiger charge is 2.21. The minimum Gasteiger partial charge on any atom is -0.376 e. The molecule has 4 aromatic rings. The van der Waals surface area contributed by atoms with E-state index in [4.69, 9.17) is 9.72 Å². The molecule has 1 saturated heterocycles. The van der Waals surface area contributed by atoms with Crippen molar-refractivity contribution < 1.29 is 13.9 Å². The van der Waals surface area contributed by atoms with Crippen LogP contribution in [0.1, 0.15) is 34.3 Å². The van der Waals surface area contributed by atoms with Gasteiger partial charge in [-0.3, -0.25) is 14.0 Å². The molecule has 0 unspecified atom stereocenters. The van der Waals surface area contributed by atoms with Crippen LogP contribution in [0.2, 0.25) is 0 Å². The summed E-state index contributed by atoms with van der Waals surface area (Å²) in [5, 5.41) is 10.1. The first-order valence-electron chi connectivity index (χ1n) is 10.9. The Bertz CT molecular complexity index is 1610. The number of ether oxygens (including phenoxy) is 1. The lowest BCUT2D eigenvalue weighted by Gasteiger charge is -2.17. The summed E-state index contributed by atoms with van der Waals surface area (Å²) in [7, 11) is 0. The van der Waals surface area contributed by atoms with Gasteiger partial charge in [-0.2, -0.15) is 10.3 Å². The van der Waals surface area contributed by atoms with Crippen LogP contribution in [0.15, 0.2) is 58.4 Å². The van der Waals surface area contributed by atoms with Crippen molar-refractivity contribution in [1.29, 1.82) is 5.26 Å². The van der Waals surface area contributed by atoms with Crippen LogP contribution < -0.4 is 11.0 Å². The molecule has 0 bridgehead atoms. The SMILES string of the molecule is Cc1cccn2c(=O)c3cc(C#N)c(=NC(=O)c4ccc(F)cc4)n(C[C@H]4CCCO4)c3nc12. The number of pyridine rings is 2. The number of halogens is 1. The van der Waals surface area contributed by atoms with E-state index in [9.17, 15) is 19.2 Å². The second kappa shape index (κ2) is 8.65. The van der Waals surface area contributed by atoms with E-state index in [0.717, 1.165) is 18.4 Å². The van der Waals surface area contributed by atoms with Gasteiger partial charge in [-0.1, -0.05) is 6.07 Å². The Hall–Kier alpha value is -4.16. The zero-order valence-corrected chi connectivity index (χ0v) is 18.4. The quantitative estimate of drug-likeness (QED) is 0.440. The van der Waals surface area contributed by atoms with E-state index in [1.165, 1.54) is 34.7 Å². The molecule has 34 heavy (non-hydrogen) atoms. The van der Waals surface area contributed by atoms with Crippen LogP contribution in [0, 0.1) is 24.1 Å². The number of benzene rings is 1. The minimum atomic E-state index is -0.634. The van der Waals surface area contributed by atoms with Crippen LogP contribution in [0.3, 0.4) is 0 Å². The highest BCUT2D eigenvalue weighted by molar-refractivity contribution is 5.95. The fourth-order valence-corrected chi connectivity index (χ4v) is 4.21. The normalized spacial score (nSPS) is 16.3. The molecule has 0 aliphatic carbocycles. The van der Waals surface area contributed by atoms with Crippen molar-refractivity contribution in [2.75, 3.05) is 6.61 Å². The summed E-state index contributed by atoms with van der Waals surface area (Å²) < 4.78 is 22.2. The number of nitrogens with zero attached hydrogens (tertiary/aromatic N) is 5. The fraction of sp³-hybridized carbons (Fsp3) is 0.240. The number of nitriles is 1. The average Bonchev–Trinajstić information content (AvgIpc) is 3.35. The number of hydrogen-bond acceptors (Lipinski definition) is 5. The van der Waals surface area contributed by atoms with E-state index >= 15 is 0 Å². The van der Waals surface area contributed by atoms with Gasteiger partial charge in [0.15, 0.2) is 5.49 Å². The van der Waals surface area contributed by atoms with Crippen LogP contribution in [0.25, 0.3) is 16.7 Å². The molecule has 0 saturated carbocycles. The van der Waals surface area contributed by atoms with Gasteiger partial charge in [0, 0.05) is 18.4 Å². The molecular weight excluding hydrogens is 437 g/mol. The zero-order valence-electron chi connectivity index (χ0n) is 18.4. The van der Waals surface area contributed by atoms with Crippen molar-refractivity contribution in [3.05, 3.63) is 87.0 Å². The summed E-state index contributed by atoms with van der Waals surface area (Å²) in [6.07, 6.45) is 3.14. The van der Waals surface area contributed by atoms with Gasteiger partial charge in [-0.15, -0.1) is 0 Å². The molecule has 1 fully saturated rings. The monoisotopic (exact) mass is 457 g/mol. The van der Waals surface area contributed by atoms with Crippen molar-refractivity contribution in [2.45, 2.75) is 32.4 Å². The molecule has 8 nitrogen and oxygen atoms in total. The van der Waals surface area contributed by atoms with Gasteiger partial charge in [-0.05, 0) is 61.7 Å². The summed E-state index contributed by atoms with van der Waals surface area (Å²) in [4.78, 5) is 35.2. The number of fused-ring (bicyclic) bond motifs is 2. The minimum absolute atomic E-state index is 0.0625. The van der Waals surface area contributed by atoms with Crippen LogP contribution in [0.4, 0.5) is 4.39 Å². The van der Waals surface area contributed by atoms with Gasteiger partial charge in [0.05, 0.1) is 23.6 Å². The molecule has 0 radical (unpaired) electrons. The van der Waals surface area contributed by atoms with Crippen molar-refractivity contribution in [2.24, 2.45) is 4.99 Å². The second-order valence-electron chi connectivity index (χ2n) is 8.20. The fourth-order valence-electron chi connectivity index (χ4n) is 4.21. The highest BCUT2D eigenvalue weighted by atomic mass is 19.1. The van der Waals surface area contributed by atoms with Crippen molar-refractivity contribution >= 4 is 22.6 Å². The standard InChI is InChI=1S/C25H20FN5O3/c1-15-4-2-10-30-21(15)28-23-20(25(30)33)12-17(13-27)22(31(23)14-19-5-3-11-34-19)29-24(32)16-6-8-18(26)9-7-16/h2,4,6-10,12,19H,3,5,11,14H2,1H3/t19-/m1/s1.